The minimum Gasteiger partial charge on any atom is -0.378 e. The molecule has 0 saturated carbocycles. The van der Waals surface area contributed by atoms with Gasteiger partial charge in [0.1, 0.15) is 0 Å². The second kappa shape index (κ2) is 7.29. The van der Waals surface area contributed by atoms with Gasteiger partial charge in [0.25, 0.3) is 5.91 Å². The third-order valence-corrected chi connectivity index (χ3v) is 4.55. The average Bonchev–Trinajstić information content (AvgIpc) is 2.90. The predicted molar refractivity (Wildman–Crippen MR) is 108 cm³/mol. The van der Waals surface area contributed by atoms with E-state index in [4.69, 9.17) is 0 Å². The number of hydrazone groups is 1. The molecule has 2 heterocycles. The van der Waals surface area contributed by atoms with Gasteiger partial charge < -0.3 is 4.90 Å². The molecule has 0 unspecified atom stereocenters. The van der Waals surface area contributed by atoms with Gasteiger partial charge in [0.15, 0.2) is 11.0 Å². The normalized spacial score (nSPS) is 15.6. The standard InChI is InChI=1S/C19H21N5OS/c1-12-10-17(21-19(20-12)26-5)24-18(25)16(13(2)22-24)11-14-6-8-15(9-7-14)23(3)4/h6-11H,1-5H3. The van der Waals surface area contributed by atoms with E-state index in [1.807, 2.05) is 69.4 Å². The molecule has 6 nitrogen and oxygen atoms in total. The number of aryl methyl sites for hydroxylation is 1. The van der Waals surface area contributed by atoms with Crippen molar-refractivity contribution in [1.29, 1.82) is 0 Å². The smallest absolute Gasteiger partial charge is 0.282 e. The van der Waals surface area contributed by atoms with Gasteiger partial charge in [-0.25, -0.2) is 9.97 Å². The van der Waals surface area contributed by atoms with Gasteiger partial charge in [0, 0.05) is 31.5 Å². The summed E-state index contributed by atoms with van der Waals surface area (Å²) in [7, 11) is 3.99. The van der Waals surface area contributed by atoms with E-state index in [1.54, 1.807) is 6.07 Å². The highest BCUT2D eigenvalue weighted by atomic mass is 32.2. The molecule has 0 atom stereocenters. The number of carbonyl (C=O) groups is 1. The van der Waals surface area contributed by atoms with Crippen molar-refractivity contribution in [1.82, 2.24) is 9.97 Å². The second-order valence-electron chi connectivity index (χ2n) is 6.20. The number of rotatable bonds is 4. The summed E-state index contributed by atoms with van der Waals surface area (Å²) in [5, 5.41) is 6.38. The predicted octanol–water partition coefficient (Wildman–Crippen LogP) is 3.38. The number of aromatic nitrogens is 2. The van der Waals surface area contributed by atoms with E-state index >= 15 is 0 Å². The minimum atomic E-state index is -0.177. The van der Waals surface area contributed by atoms with Gasteiger partial charge in [-0.1, -0.05) is 23.9 Å². The van der Waals surface area contributed by atoms with Crippen LogP contribution in [0.25, 0.3) is 6.08 Å². The van der Waals surface area contributed by atoms with E-state index in [0.717, 1.165) is 16.9 Å². The van der Waals surface area contributed by atoms with Crippen LogP contribution >= 0.6 is 11.8 Å². The van der Waals surface area contributed by atoms with Crippen molar-refractivity contribution in [2.24, 2.45) is 5.10 Å². The van der Waals surface area contributed by atoms with Crippen LogP contribution < -0.4 is 9.91 Å². The Bertz CT molecular complexity index is 903. The van der Waals surface area contributed by atoms with Gasteiger partial charge in [-0.15, -0.1) is 0 Å². The van der Waals surface area contributed by atoms with Crippen molar-refractivity contribution in [2.75, 3.05) is 30.3 Å². The number of hydrogen-bond acceptors (Lipinski definition) is 6. The highest BCUT2D eigenvalue weighted by molar-refractivity contribution is 7.98. The molecule has 1 aliphatic heterocycles. The number of hydrogen-bond donors (Lipinski definition) is 0. The molecule has 0 spiro atoms. The van der Waals surface area contributed by atoms with Gasteiger partial charge in [-0.3, -0.25) is 4.79 Å². The monoisotopic (exact) mass is 367 g/mol. The molecule has 0 fully saturated rings. The van der Waals surface area contributed by atoms with Gasteiger partial charge in [-0.2, -0.15) is 10.1 Å². The Morgan fingerprint density at radius 2 is 1.81 bits per heavy atom. The lowest BCUT2D eigenvalue weighted by atomic mass is 10.1. The molecule has 0 radical (unpaired) electrons. The van der Waals surface area contributed by atoms with Gasteiger partial charge in [-0.05, 0) is 43.9 Å². The van der Waals surface area contributed by atoms with Gasteiger partial charge in [0.05, 0.1) is 11.3 Å². The molecule has 134 valence electrons. The van der Waals surface area contributed by atoms with Crippen LogP contribution in [0.4, 0.5) is 11.5 Å². The Labute approximate surface area is 157 Å². The Morgan fingerprint density at radius 3 is 2.42 bits per heavy atom. The zero-order valence-electron chi connectivity index (χ0n) is 15.5. The molecule has 1 aromatic heterocycles. The van der Waals surface area contributed by atoms with Gasteiger partial charge in [0.2, 0.25) is 0 Å². The molecule has 1 amide bonds. The van der Waals surface area contributed by atoms with Crippen molar-refractivity contribution >= 4 is 41.0 Å². The Morgan fingerprint density at radius 1 is 1.12 bits per heavy atom. The number of amides is 1. The summed E-state index contributed by atoms with van der Waals surface area (Å²) < 4.78 is 0. The van der Waals surface area contributed by atoms with Crippen molar-refractivity contribution in [3.63, 3.8) is 0 Å². The first kappa shape index (κ1) is 18.1. The van der Waals surface area contributed by atoms with Crippen LogP contribution in [-0.2, 0) is 4.79 Å². The fourth-order valence-electron chi connectivity index (χ4n) is 2.60. The number of carbonyl (C=O) groups excluding carboxylic acids is 1. The maximum Gasteiger partial charge on any atom is 0.282 e. The molecular formula is C19H21N5OS. The van der Waals surface area contributed by atoms with Crippen molar-refractivity contribution in [2.45, 2.75) is 19.0 Å². The summed E-state index contributed by atoms with van der Waals surface area (Å²) in [6.07, 6.45) is 3.77. The minimum absolute atomic E-state index is 0.177. The number of nitrogens with zero attached hydrogens (tertiary/aromatic N) is 5. The van der Waals surface area contributed by atoms with Crippen LogP contribution in [0.3, 0.4) is 0 Å². The fourth-order valence-corrected chi connectivity index (χ4v) is 3.02. The van der Waals surface area contributed by atoms with E-state index in [0.29, 0.717) is 22.3 Å². The quantitative estimate of drug-likeness (QED) is 0.471. The van der Waals surface area contributed by atoms with Crippen LogP contribution in [-0.4, -0.2) is 41.9 Å². The summed E-state index contributed by atoms with van der Waals surface area (Å²) in [4.78, 5) is 23.6. The molecule has 1 aromatic carbocycles. The first-order valence-corrected chi connectivity index (χ1v) is 9.40. The maximum absolute atomic E-state index is 12.9. The Kier molecular flexibility index (Phi) is 5.08. The summed E-state index contributed by atoms with van der Waals surface area (Å²) in [6, 6.07) is 9.80. The summed E-state index contributed by atoms with van der Waals surface area (Å²) in [5.41, 5.74) is 4.12. The molecule has 1 aliphatic rings. The Balaban J connectivity index is 1.91. The van der Waals surface area contributed by atoms with E-state index in [-0.39, 0.29) is 5.91 Å². The molecule has 0 saturated heterocycles. The zero-order chi connectivity index (χ0) is 18.8. The van der Waals surface area contributed by atoms with Crippen molar-refractivity contribution in [3.05, 3.63) is 47.2 Å². The van der Waals surface area contributed by atoms with Gasteiger partial charge >= 0.3 is 0 Å². The number of anilines is 2. The van der Waals surface area contributed by atoms with Crippen LogP contribution in [0.5, 0.6) is 0 Å². The maximum atomic E-state index is 12.9. The third-order valence-electron chi connectivity index (χ3n) is 4.00. The molecule has 7 heteroatoms. The van der Waals surface area contributed by atoms with E-state index in [1.165, 1.54) is 16.8 Å². The summed E-state index contributed by atoms with van der Waals surface area (Å²) in [5.74, 6) is 0.321. The highest BCUT2D eigenvalue weighted by Gasteiger charge is 2.30. The van der Waals surface area contributed by atoms with E-state index < -0.39 is 0 Å². The third kappa shape index (κ3) is 3.62. The lowest BCUT2D eigenvalue weighted by molar-refractivity contribution is -0.114. The summed E-state index contributed by atoms with van der Waals surface area (Å²) in [6.45, 7) is 3.71. The number of thioether (sulfide) groups is 1. The van der Waals surface area contributed by atoms with E-state index in [2.05, 4.69) is 15.1 Å². The van der Waals surface area contributed by atoms with Crippen LogP contribution in [0.2, 0.25) is 0 Å². The molecule has 2 aromatic rings. The molecule has 26 heavy (non-hydrogen) atoms. The SMILES string of the molecule is CSc1nc(C)cc(N2N=C(C)C(=Cc3ccc(N(C)C)cc3)C2=O)n1. The lowest BCUT2D eigenvalue weighted by Gasteiger charge is -2.12. The molecular weight excluding hydrogens is 346 g/mol. The second-order valence-corrected chi connectivity index (χ2v) is 6.97. The largest absolute Gasteiger partial charge is 0.378 e. The molecule has 0 aliphatic carbocycles. The topological polar surface area (TPSA) is 61.7 Å². The average molecular weight is 367 g/mol. The fraction of sp³-hybridized carbons (Fsp3) is 0.263. The van der Waals surface area contributed by atoms with Crippen molar-refractivity contribution < 1.29 is 4.79 Å². The first-order valence-electron chi connectivity index (χ1n) is 8.18. The molecule has 0 N–H and O–H groups in total. The van der Waals surface area contributed by atoms with E-state index in [9.17, 15) is 4.79 Å². The van der Waals surface area contributed by atoms with Crippen LogP contribution in [0.1, 0.15) is 18.2 Å². The molecule has 0 bridgehead atoms. The zero-order valence-corrected chi connectivity index (χ0v) is 16.3. The number of benzene rings is 1. The first-order chi connectivity index (χ1) is 12.4. The lowest BCUT2D eigenvalue weighted by Crippen LogP contribution is -2.22. The van der Waals surface area contributed by atoms with Crippen LogP contribution in [0, 0.1) is 6.92 Å². The van der Waals surface area contributed by atoms with Crippen molar-refractivity contribution in [3.8, 4) is 0 Å². The Hall–Kier alpha value is -2.67. The highest BCUT2D eigenvalue weighted by Crippen LogP contribution is 2.26. The van der Waals surface area contributed by atoms with Crippen LogP contribution in [0.15, 0.2) is 46.2 Å². The molecule has 3 rings (SSSR count). The summed E-state index contributed by atoms with van der Waals surface area (Å²) >= 11 is 1.44.